The van der Waals surface area contributed by atoms with Crippen LogP contribution >= 0.6 is 27.5 Å². The SMILES string of the molecule is C=CC[C@H](N[S+]([O-])C(C)(C)C)[C@@]1(c2ccccc2)Cc2c(cc(F)c(Cl)c2Br)N1C(=O)OC(C)(C)C. The number of carbonyl (C=O) groups excluding carboxylic acids is 1. The van der Waals surface area contributed by atoms with Crippen LogP contribution in [0, 0.1) is 5.82 Å². The van der Waals surface area contributed by atoms with E-state index in [0.717, 1.165) is 5.56 Å². The largest absolute Gasteiger partial charge is 0.598 e. The standard InChI is InChI=1S/C27H33BrClFN2O3S/c1-8-12-21(31-36(34)26(5,6)7)27(17-13-10-9-11-14-17)16-18-20(15-19(30)23(29)22(18)28)32(27)24(33)35-25(2,3)4/h8-11,13-15,21,31H,1,12,16H2,2-7H3/t21-,27-,36?/m0/s1. The van der Waals surface area contributed by atoms with Crippen LogP contribution in [-0.4, -0.2) is 27.0 Å². The number of nitrogens with zero attached hydrogens (tertiary/aromatic N) is 1. The molecule has 0 saturated carbocycles. The predicted molar refractivity (Wildman–Crippen MR) is 149 cm³/mol. The van der Waals surface area contributed by atoms with Crippen molar-refractivity contribution in [3.8, 4) is 0 Å². The smallest absolute Gasteiger partial charge is 0.415 e. The van der Waals surface area contributed by atoms with Crippen LogP contribution < -0.4 is 9.62 Å². The van der Waals surface area contributed by atoms with Crippen molar-refractivity contribution in [2.24, 2.45) is 0 Å². The molecule has 0 spiro atoms. The minimum Gasteiger partial charge on any atom is -0.598 e. The van der Waals surface area contributed by atoms with Crippen LogP contribution in [0.15, 0.2) is 53.5 Å². The number of nitrogens with one attached hydrogen (secondary N) is 1. The number of rotatable bonds is 6. The number of anilines is 1. The summed E-state index contributed by atoms with van der Waals surface area (Å²) in [7, 11) is 0. The Kier molecular flexibility index (Phi) is 8.58. The molecule has 1 unspecified atom stereocenters. The second-order valence-corrected chi connectivity index (χ2v) is 14.0. The van der Waals surface area contributed by atoms with E-state index in [1.807, 2.05) is 51.1 Å². The van der Waals surface area contributed by atoms with Gasteiger partial charge in [0.2, 0.25) is 0 Å². The van der Waals surface area contributed by atoms with E-state index >= 15 is 0 Å². The maximum atomic E-state index is 15.0. The van der Waals surface area contributed by atoms with Gasteiger partial charge in [-0.2, -0.15) is 0 Å². The molecule has 0 bridgehead atoms. The molecule has 2 aromatic rings. The summed E-state index contributed by atoms with van der Waals surface area (Å²) in [5, 5.41) is -0.0618. The molecular weight excluding hydrogens is 567 g/mol. The van der Waals surface area contributed by atoms with E-state index in [0.29, 0.717) is 22.1 Å². The van der Waals surface area contributed by atoms with Gasteiger partial charge in [-0.1, -0.05) is 48.0 Å². The second kappa shape index (κ2) is 10.7. The second-order valence-electron chi connectivity index (χ2n) is 10.8. The van der Waals surface area contributed by atoms with Gasteiger partial charge in [0.25, 0.3) is 0 Å². The summed E-state index contributed by atoms with van der Waals surface area (Å²) in [6.45, 7) is 14.9. The Balaban J connectivity index is 2.36. The minimum atomic E-state index is -1.48. The van der Waals surface area contributed by atoms with Gasteiger partial charge in [0.05, 0.1) is 16.8 Å². The van der Waals surface area contributed by atoms with Crippen molar-refractivity contribution >= 4 is 50.7 Å². The highest BCUT2D eigenvalue weighted by Crippen LogP contribution is 2.52. The Labute approximate surface area is 229 Å². The van der Waals surface area contributed by atoms with Crippen molar-refractivity contribution in [3.63, 3.8) is 0 Å². The lowest BCUT2D eigenvalue weighted by Gasteiger charge is -2.45. The summed E-state index contributed by atoms with van der Waals surface area (Å²) in [4.78, 5) is 15.4. The molecule has 2 aromatic carbocycles. The first-order chi connectivity index (χ1) is 16.6. The zero-order valence-electron chi connectivity index (χ0n) is 21.5. The Bertz CT molecular complexity index is 1140. The monoisotopic (exact) mass is 598 g/mol. The molecule has 196 valence electrons. The highest BCUT2D eigenvalue weighted by molar-refractivity contribution is 9.10. The van der Waals surface area contributed by atoms with E-state index in [1.165, 1.54) is 11.0 Å². The fraction of sp³-hybridized carbons (Fsp3) is 0.444. The Morgan fingerprint density at radius 2 is 1.94 bits per heavy atom. The fourth-order valence-corrected chi connectivity index (χ4v) is 5.98. The number of amides is 1. The van der Waals surface area contributed by atoms with Gasteiger partial charge in [0.1, 0.15) is 21.7 Å². The van der Waals surface area contributed by atoms with Crippen molar-refractivity contribution in [2.75, 3.05) is 4.90 Å². The third-order valence-electron chi connectivity index (χ3n) is 5.96. The highest BCUT2D eigenvalue weighted by atomic mass is 79.9. The molecule has 1 N–H and O–H groups in total. The average molecular weight is 600 g/mol. The van der Waals surface area contributed by atoms with E-state index in [4.69, 9.17) is 16.3 Å². The van der Waals surface area contributed by atoms with E-state index in [9.17, 15) is 13.7 Å². The number of hydrogen-bond donors (Lipinski definition) is 1. The maximum Gasteiger partial charge on any atom is 0.415 e. The molecule has 1 aliphatic rings. The van der Waals surface area contributed by atoms with Crippen LogP contribution in [-0.2, 0) is 28.1 Å². The molecule has 3 atom stereocenters. The van der Waals surface area contributed by atoms with Gasteiger partial charge in [-0.15, -0.1) is 11.3 Å². The molecular formula is C27H33BrClFN2O3S. The number of halogens is 3. The Hall–Kier alpha value is -1.58. The summed E-state index contributed by atoms with van der Waals surface area (Å²) >= 11 is 8.27. The number of benzene rings is 2. The van der Waals surface area contributed by atoms with Crippen molar-refractivity contribution in [2.45, 2.75) is 76.3 Å². The number of fused-ring (bicyclic) bond motifs is 1. The lowest BCUT2D eigenvalue weighted by atomic mass is 9.78. The van der Waals surface area contributed by atoms with Gasteiger partial charge < -0.3 is 9.29 Å². The van der Waals surface area contributed by atoms with Crippen molar-refractivity contribution < 1.29 is 18.5 Å². The first-order valence-electron chi connectivity index (χ1n) is 11.7. The molecule has 1 aliphatic heterocycles. The fourth-order valence-electron chi connectivity index (χ4n) is 4.37. The highest BCUT2D eigenvalue weighted by Gasteiger charge is 2.56. The molecule has 5 nitrogen and oxygen atoms in total. The third-order valence-corrected chi connectivity index (χ3v) is 9.04. The molecule has 1 heterocycles. The Morgan fingerprint density at radius 3 is 2.47 bits per heavy atom. The molecule has 0 aliphatic carbocycles. The predicted octanol–water partition coefficient (Wildman–Crippen LogP) is 7.43. The van der Waals surface area contributed by atoms with Crippen LogP contribution in [0.4, 0.5) is 14.9 Å². The topological polar surface area (TPSA) is 64.6 Å². The van der Waals surface area contributed by atoms with Gasteiger partial charge in [-0.3, -0.25) is 4.90 Å². The Morgan fingerprint density at radius 1 is 1.33 bits per heavy atom. The summed E-state index contributed by atoms with van der Waals surface area (Å²) in [5.41, 5.74) is -0.144. The van der Waals surface area contributed by atoms with Crippen LogP contribution in [0.5, 0.6) is 0 Å². The molecule has 9 heteroatoms. The lowest BCUT2D eigenvalue weighted by Crippen LogP contribution is -2.62. The summed E-state index contributed by atoms with van der Waals surface area (Å²) < 4.78 is 37.3. The first-order valence-corrected chi connectivity index (χ1v) is 14.0. The van der Waals surface area contributed by atoms with Crippen molar-refractivity contribution in [3.05, 3.63) is 75.5 Å². The lowest BCUT2D eigenvalue weighted by molar-refractivity contribution is 0.0526. The average Bonchev–Trinajstić information content (AvgIpc) is 3.12. The van der Waals surface area contributed by atoms with Gasteiger partial charge in [0, 0.05) is 22.3 Å². The van der Waals surface area contributed by atoms with Gasteiger partial charge in [-0.25, -0.2) is 9.18 Å². The van der Waals surface area contributed by atoms with E-state index in [-0.39, 0.29) is 11.4 Å². The number of carbonyl (C=O) groups is 1. The van der Waals surface area contributed by atoms with Gasteiger partial charge >= 0.3 is 6.09 Å². The molecule has 0 radical (unpaired) electrons. The van der Waals surface area contributed by atoms with Crippen LogP contribution in [0.1, 0.15) is 59.1 Å². The molecule has 3 rings (SSSR count). The minimum absolute atomic E-state index is 0.0618. The van der Waals surface area contributed by atoms with Gasteiger partial charge in [-0.05, 0) is 81.1 Å². The van der Waals surface area contributed by atoms with Crippen molar-refractivity contribution in [1.29, 1.82) is 0 Å². The molecule has 0 fully saturated rings. The van der Waals surface area contributed by atoms with E-state index in [1.54, 1.807) is 26.8 Å². The van der Waals surface area contributed by atoms with Crippen LogP contribution in [0.2, 0.25) is 5.02 Å². The summed E-state index contributed by atoms with van der Waals surface area (Å²) in [6.07, 6.45) is 1.73. The normalized spacial score (nSPS) is 19.6. The molecule has 0 saturated heterocycles. The molecule has 1 amide bonds. The molecule has 0 aromatic heterocycles. The van der Waals surface area contributed by atoms with Crippen molar-refractivity contribution in [1.82, 2.24) is 4.72 Å². The van der Waals surface area contributed by atoms with E-state index in [2.05, 4.69) is 27.2 Å². The zero-order valence-corrected chi connectivity index (χ0v) is 24.6. The summed E-state index contributed by atoms with van der Waals surface area (Å²) in [5.74, 6) is -0.661. The molecule has 36 heavy (non-hydrogen) atoms. The first kappa shape index (κ1) is 29.0. The number of hydrogen-bond acceptors (Lipinski definition) is 4. The number of ether oxygens (including phenoxy) is 1. The van der Waals surface area contributed by atoms with Crippen LogP contribution in [0.3, 0.4) is 0 Å². The van der Waals surface area contributed by atoms with E-state index < -0.39 is 45.2 Å². The van der Waals surface area contributed by atoms with Crippen LogP contribution in [0.25, 0.3) is 0 Å². The van der Waals surface area contributed by atoms with Gasteiger partial charge in [0.15, 0.2) is 0 Å². The quantitative estimate of drug-likeness (QED) is 0.213. The maximum absolute atomic E-state index is 15.0. The zero-order chi connectivity index (χ0) is 27.1. The summed E-state index contributed by atoms with van der Waals surface area (Å²) in [6, 6.07) is 10.2. The third kappa shape index (κ3) is 5.63.